The highest BCUT2D eigenvalue weighted by Gasteiger charge is 2.40. The van der Waals surface area contributed by atoms with Crippen molar-refractivity contribution in [2.45, 2.75) is 27.1 Å². The molecule has 0 heterocycles. The molecule has 0 aliphatic heterocycles. The van der Waals surface area contributed by atoms with Crippen molar-refractivity contribution < 1.29 is 130 Å². The summed E-state index contributed by atoms with van der Waals surface area (Å²) >= 11 is 2.15. The van der Waals surface area contributed by atoms with Crippen LogP contribution < -0.4 is 24.0 Å². The van der Waals surface area contributed by atoms with Gasteiger partial charge in [-0.05, 0) is 50.6 Å². The molecule has 0 aliphatic carbocycles. The molecule has 2 aromatic rings. The second kappa shape index (κ2) is 45.0. The van der Waals surface area contributed by atoms with E-state index >= 15 is 0 Å². The van der Waals surface area contributed by atoms with Gasteiger partial charge in [-0.25, -0.2) is 19.2 Å². The van der Waals surface area contributed by atoms with Crippen LogP contribution >= 0.6 is 46.6 Å². The molecule has 0 aromatic heterocycles. The maximum Gasteiger partial charge on any atom is 0.508 e. The van der Waals surface area contributed by atoms with E-state index in [9.17, 15) is 28.8 Å². The summed E-state index contributed by atoms with van der Waals surface area (Å²) in [4.78, 5) is 79.6. The number of nitrogens with zero attached hydrogens (tertiary/aromatic N) is 4. The quantitative estimate of drug-likeness (QED) is 0.0189. The van der Waals surface area contributed by atoms with Gasteiger partial charge in [0, 0.05) is 40.3 Å². The molecule has 0 saturated heterocycles. The second-order valence-electron chi connectivity index (χ2n) is 18.8. The number of rotatable bonds is 34. The number of benzene rings is 2. The highest BCUT2D eigenvalue weighted by atomic mass is 127. The van der Waals surface area contributed by atoms with Crippen molar-refractivity contribution in [2.24, 2.45) is 10.8 Å². The van der Waals surface area contributed by atoms with Crippen LogP contribution in [0.4, 0.5) is 19.2 Å². The minimum Gasteiger partial charge on any atom is -1.00 e. The summed E-state index contributed by atoms with van der Waals surface area (Å²) in [6.45, 7) is 5.55. The maximum atomic E-state index is 13.0. The Morgan fingerprint density at radius 1 is 0.500 bits per heavy atom. The second-order valence-corrected chi connectivity index (χ2v) is 18.8. The molecule has 0 bridgehead atoms. The number of hydrogen-bond donors (Lipinski definition) is 4. The lowest BCUT2D eigenvalue weighted by molar-refractivity contribution is -0.890. The first-order valence-corrected chi connectivity index (χ1v) is 26.5. The summed E-state index contributed by atoms with van der Waals surface area (Å²) < 4.78 is 52.2. The van der Waals surface area contributed by atoms with E-state index in [1.54, 1.807) is 79.0 Å². The molecule has 0 aliphatic rings. The number of likely N-dealkylation sites (N-methyl/N-ethyl adjacent to an activating group) is 4. The number of quaternary nitrogens is 2. The van der Waals surface area contributed by atoms with Crippen LogP contribution in [0.25, 0.3) is 0 Å². The van der Waals surface area contributed by atoms with Gasteiger partial charge in [-0.3, -0.25) is 9.59 Å². The van der Waals surface area contributed by atoms with E-state index in [2.05, 4.69) is 22.6 Å². The Morgan fingerprint density at radius 2 is 0.833 bits per heavy atom. The molecule has 27 heteroatoms. The first kappa shape index (κ1) is 78.6. The molecule has 0 amide bonds. The zero-order chi connectivity index (χ0) is 57.5. The fourth-order valence-corrected chi connectivity index (χ4v) is 5.72. The standard InChI is InChI=1S/C26H43N2O10.C24H38N2O10.CH3I.2HI/c1-26(23(31)36-19-22-9-7-6-8-10-22,20-37-24(32)34-17-13-27(2,3)11-15-29)21-38-25(33)35-18-14-28(4,5)12-16-30;1-24(21(29)34-17-20-7-5-4-6-8-20,18-35-22(30)32-15-11-25(2)9-13-27)19-36-23(31)33-16-12-26(3)10-14-28;1-2;;/h6-11,29-30H,12-21H2,1-5H3;4-8,27-28H,9-19H2,1-3H3;1H3;2*1H/q+1;;;;/p-1. The van der Waals surface area contributed by atoms with Gasteiger partial charge in [0.15, 0.2) is 0 Å². The minimum absolute atomic E-state index is 0. The van der Waals surface area contributed by atoms with Crippen LogP contribution in [0.15, 0.2) is 60.7 Å². The molecule has 450 valence electrons. The monoisotopic (exact) mass is 1450 g/mol. The largest absolute Gasteiger partial charge is 1.00 e. The predicted molar refractivity (Wildman–Crippen MR) is 300 cm³/mol. The number of carbonyl (C=O) groups is 6. The van der Waals surface area contributed by atoms with Crippen LogP contribution in [0.5, 0.6) is 0 Å². The fraction of sp³-hybridized carbons (Fsp3) is 0.627. The van der Waals surface area contributed by atoms with Gasteiger partial charge in [0.05, 0.1) is 40.5 Å². The molecular weight excluding hydrogens is 1370 g/mol. The van der Waals surface area contributed by atoms with Gasteiger partial charge in [-0.15, -0.1) is 30.5 Å². The maximum absolute atomic E-state index is 13.0. The number of carbonyl (C=O) groups excluding carboxylic acids is 6. The zero-order valence-electron chi connectivity index (χ0n) is 46.5. The Balaban J connectivity index is -0.00000137. The number of aliphatic hydroxyl groups excluding tert-OH is 4. The molecule has 2 rings (SSSR count). The van der Waals surface area contributed by atoms with Crippen molar-refractivity contribution >= 4 is 83.1 Å². The van der Waals surface area contributed by atoms with E-state index < -0.39 is 73.8 Å². The topological polar surface area (TPSA) is 282 Å². The Labute approximate surface area is 507 Å². The lowest BCUT2D eigenvalue weighted by atomic mass is 9.93. The third-order valence-corrected chi connectivity index (χ3v) is 10.9. The van der Waals surface area contributed by atoms with E-state index in [0.717, 1.165) is 11.1 Å². The van der Waals surface area contributed by atoms with E-state index in [-0.39, 0.29) is 114 Å². The van der Waals surface area contributed by atoms with Gasteiger partial charge in [0.1, 0.15) is 90.0 Å². The molecular formula is C51H85I3N4O20. The molecule has 0 radical (unpaired) electrons. The average molecular weight is 1450 g/mol. The third kappa shape index (κ3) is 38.1. The minimum atomic E-state index is -1.53. The number of halogens is 3. The van der Waals surface area contributed by atoms with Crippen LogP contribution in [0.2, 0.25) is 0 Å². The zero-order valence-corrected chi connectivity index (χ0v) is 53.1. The smallest absolute Gasteiger partial charge is 0.508 e. The summed E-state index contributed by atoms with van der Waals surface area (Å²) in [6, 6.07) is 18.0. The Morgan fingerprint density at radius 3 is 1.15 bits per heavy atom. The molecule has 78 heavy (non-hydrogen) atoms. The van der Waals surface area contributed by atoms with E-state index in [1.165, 1.54) is 13.8 Å². The summed E-state index contributed by atoms with van der Waals surface area (Å²) in [5.74, 6) is -1.48. The van der Waals surface area contributed by atoms with E-state index in [1.807, 2.05) is 45.3 Å². The Hall–Kier alpha value is -3.67. The number of ether oxygens (including phenoxy) is 10. The van der Waals surface area contributed by atoms with E-state index in [4.69, 9.17) is 67.8 Å². The van der Waals surface area contributed by atoms with Crippen LogP contribution in [-0.2, 0) is 70.2 Å². The molecule has 1 atom stereocenters. The lowest BCUT2D eigenvalue weighted by Gasteiger charge is -2.38. The Bertz CT molecular complexity index is 1850. The summed E-state index contributed by atoms with van der Waals surface area (Å²) in [6.07, 6.45) is -3.98. The number of esters is 2. The van der Waals surface area contributed by atoms with Crippen molar-refractivity contribution in [1.29, 1.82) is 0 Å². The van der Waals surface area contributed by atoms with Gasteiger partial charge in [0.2, 0.25) is 0 Å². The van der Waals surface area contributed by atoms with Crippen molar-refractivity contribution in [2.75, 3.05) is 172 Å². The van der Waals surface area contributed by atoms with Gasteiger partial charge < -0.3 is 111 Å². The fourth-order valence-electron chi connectivity index (χ4n) is 5.72. The van der Waals surface area contributed by atoms with Gasteiger partial charge in [-0.2, -0.15) is 0 Å². The SMILES string of the molecule is CC(COC(=O)OCC[N+](C)(C)[CH-]CO)(COC(=O)OCC[N+](C)(C)CCO)C(=O)OCc1ccccc1.CI.CN(CCO)CCOC(=O)OCC(C)(COC(=O)OCCN(C)CCO)C(=O)OCc1ccccc1.I.[I-]. The summed E-state index contributed by atoms with van der Waals surface area (Å²) in [7, 11) is 10.9. The first-order chi connectivity index (χ1) is 36.0. The van der Waals surface area contributed by atoms with Crippen LogP contribution in [0, 0.1) is 17.4 Å². The van der Waals surface area contributed by atoms with Crippen LogP contribution in [-0.4, -0.2) is 248 Å². The van der Waals surface area contributed by atoms with Crippen LogP contribution in [0.1, 0.15) is 25.0 Å². The van der Waals surface area contributed by atoms with Crippen molar-refractivity contribution in [1.82, 2.24) is 9.80 Å². The third-order valence-electron chi connectivity index (χ3n) is 10.9. The first-order valence-electron chi connectivity index (χ1n) is 24.3. The van der Waals surface area contributed by atoms with Crippen molar-refractivity contribution in [3.8, 4) is 0 Å². The molecule has 24 nitrogen and oxygen atoms in total. The number of alkyl halides is 1. The molecule has 0 spiro atoms. The van der Waals surface area contributed by atoms with Crippen molar-refractivity contribution in [3.63, 3.8) is 0 Å². The number of aliphatic hydroxyl groups is 4. The number of hydrogen-bond acceptors (Lipinski definition) is 22. The van der Waals surface area contributed by atoms with Crippen LogP contribution in [0.3, 0.4) is 0 Å². The summed E-state index contributed by atoms with van der Waals surface area (Å²) in [5.41, 5.74) is -1.53. The highest BCUT2D eigenvalue weighted by molar-refractivity contribution is 14.1. The highest BCUT2D eigenvalue weighted by Crippen LogP contribution is 2.23. The Kier molecular flexibility index (Phi) is 45.3. The average Bonchev–Trinajstić information content (AvgIpc) is 3.38. The molecule has 4 N–H and O–H groups in total. The van der Waals surface area contributed by atoms with Crippen molar-refractivity contribution in [3.05, 3.63) is 78.3 Å². The van der Waals surface area contributed by atoms with Gasteiger partial charge in [-0.1, -0.05) is 83.3 Å². The normalized spacial score (nSPS) is 11.7. The van der Waals surface area contributed by atoms with Gasteiger partial charge >= 0.3 is 36.6 Å². The van der Waals surface area contributed by atoms with E-state index in [0.29, 0.717) is 54.8 Å². The molecule has 2 aromatic carbocycles. The summed E-state index contributed by atoms with van der Waals surface area (Å²) in [5, 5.41) is 35.9. The predicted octanol–water partition coefficient (Wildman–Crippen LogP) is 0.906. The molecule has 1 unspecified atom stereocenters. The van der Waals surface area contributed by atoms with Gasteiger partial charge in [0.25, 0.3) is 0 Å². The molecule has 0 saturated carbocycles. The lowest BCUT2D eigenvalue weighted by Crippen LogP contribution is -3.00. The molecule has 0 fully saturated rings.